The zero-order valence-corrected chi connectivity index (χ0v) is 8.80. The van der Waals surface area contributed by atoms with Crippen LogP contribution in [0.4, 0.5) is 0 Å². The molecule has 0 amide bonds. The fourth-order valence-electron chi connectivity index (χ4n) is 2.88. The molecule has 0 nitrogen and oxygen atoms in total. The average molecular weight is 205 g/mol. The Bertz CT molecular complexity index is 392. The average Bonchev–Trinajstić information content (AvgIpc) is 2.59. The van der Waals surface area contributed by atoms with Crippen LogP contribution in [0.2, 0.25) is 5.02 Å². The van der Waals surface area contributed by atoms with Crippen LogP contribution in [0, 0.1) is 5.92 Å². The van der Waals surface area contributed by atoms with E-state index in [0.717, 1.165) is 16.9 Å². The molecule has 0 heterocycles. The molecule has 0 saturated carbocycles. The van der Waals surface area contributed by atoms with Crippen LogP contribution in [-0.4, -0.2) is 0 Å². The Morgan fingerprint density at radius 1 is 1.14 bits per heavy atom. The van der Waals surface area contributed by atoms with Crippen molar-refractivity contribution in [1.82, 2.24) is 0 Å². The molecule has 2 atom stereocenters. The molecule has 0 saturated heterocycles. The van der Waals surface area contributed by atoms with Crippen molar-refractivity contribution in [2.75, 3.05) is 0 Å². The van der Waals surface area contributed by atoms with Crippen LogP contribution in [0.15, 0.2) is 30.4 Å². The lowest BCUT2D eigenvalue weighted by Crippen LogP contribution is -2.09. The van der Waals surface area contributed by atoms with Gasteiger partial charge in [-0.1, -0.05) is 35.9 Å². The first-order valence-corrected chi connectivity index (χ1v) is 5.66. The summed E-state index contributed by atoms with van der Waals surface area (Å²) in [7, 11) is 0. The Morgan fingerprint density at radius 2 is 2.00 bits per heavy atom. The number of rotatable bonds is 0. The molecular formula is C13H13Cl. The molecule has 2 aliphatic rings. The monoisotopic (exact) mass is 204 g/mol. The van der Waals surface area contributed by atoms with E-state index in [-0.39, 0.29) is 0 Å². The zero-order chi connectivity index (χ0) is 9.54. The lowest BCUT2D eigenvalue weighted by molar-refractivity contribution is 0.448. The summed E-state index contributed by atoms with van der Waals surface area (Å²) in [6.07, 6.45) is 8.26. The highest BCUT2D eigenvalue weighted by atomic mass is 35.5. The number of benzene rings is 1. The van der Waals surface area contributed by atoms with E-state index in [1.54, 1.807) is 0 Å². The normalized spacial score (nSPS) is 28.6. The molecule has 1 aromatic rings. The van der Waals surface area contributed by atoms with Gasteiger partial charge in [0.25, 0.3) is 0 Å². The van der Waals surface area contributed by atoms with E-state index >= 15 is 0 Å². The number of hydrogen-bond acceptors (Lipinski definition) is 0. The molecule has 0 N–H and O–H groups in total. The smallest absolute Gasteiger partial charge is 0.0440 e. The van der Waals surface area contributed by atoms with Crippen molar-refractivity contribution in [3.63, 3.8) is 0 Å². The van der Waals surface area contributed by atoms with Crippen LogP contribution >= 0.6 is 11.6 Å². The molecule has 2 aliphatic carbocycles. The lowest BCUT2D eigenvalue weighted by atomic mass is 9.84. The first kappa shape index (κ1) is 8.55. The minimum atomic E-state index is 0.744. The molecule has 0 aliphatic heterocycles. The van der Waals surface area contributed by atoms with Crippen molar-refractivity contribution in [2.24, 2.45) is 5.92 Å². The quantitative estimate of drug-likeness (QED) is 0.562. The van der Waals surface area contributed by atoms with E-state index in [0.29, 0.717) is 0 Å². The predicted octanol–water partition coefficient (Wildman–Crippen LogP) is 3.95. The van der Waals surface area contributed by atoms with Crippen LogP contribution in [0.1, 0.15) is 29.9 Å². The van der Waals surface area contributed by atoms with Gasteiger partial charge in [-0.15, -0.1) is 0 Å². The minimum absolute atomic E-state index is 0.744. The number of halogens is 1. The van der Waals surface area contributed by atoms with Gasteiger partial charge in [-0.3, -0.25) is 0 Å². The highest BCUT2D eigenvalue weighted by Gasteiger charge is 2.33. The van der Waals surface area contributed by atoms with Gasteiger partial charge in [0.1, 0.15) is 0 Å². The second kappa shape index (κ2) is 3.13. The number of hydrogen-bond donors (Lipinski definition) is 0. The van der Waals surface area contributed by atoms with Gasteiger partial charge in [-0.05, 0) is 48.3 Å². The zero-order valence-electron chi connectivity index (χ0n) is 8.04. The Hall–Kier alpha value is -0.750. The Balaban J connectivity index is 2.09. The second-order valence-electron chi connectivity index (χ2n) is 4.32. The summed E-state index contributed by atoms with van der Waals surface area (Å²) in [5.41, 5.74) is 2.92. The van der Waals surface area contributed by atoms with E-state index in [1.165, 1.54) is 30.4 Å². The summed E-state index contributed by atoms with van der Waals surface area (Å²) in [6, 6.07) is 6.36. The van der Waals surface area contributed by atoms with Gasteiger partial charge in [0, 0.05) is 5.02 Å². The van der Waals surface area contributed by atoms with Crippen molar-refractivity contribution in [3.8, 4) is 0 Å². The maximum absolute atomic E-state index is 6.21. The van der Waals surface area contributed by atoms with Crippen molar-refractivity contribution >= 4 is 11.6 Å². The fraction of sp³-hybridized carbons (Fsp3) is 0.385. The SMILES string of the molecule is Clc1cccc2c1CC1CC=CCC21. The Labute approximate surface area is 89.6 Å². The third-order valence-corrected chi connectivity index (χ3v) is 3.94. The summed E-state index contributed by atoms with van der Waals surface area (Å²) in [5.74, 6) is 1.56. The lowest BCUT2D eigenvalue weighted by Gasteiger charge is -2.21. The molecule has 3 rings (SSSR count). The Morgan fingerprint density at radius 3 is 2.93 bits per heavy atom. The van der Waals surface area contributed by atoms with Crippen molar-refractivity contribution in [3.05, 3.63) is 46.5 Å². The predicted molar refractivity (Wildman–Crippen MR) is 59.8 cm³/mol. The summed E-state index contributed by atoms with van der Waals surface area (Å²) >= 11 is 6.21. The van der Waals surface area contributed by atoms with Gasteiger partial charge < -0.3 is 0 Å². The molecule has 2 unspecified atom stereocenters. The van der Waals surface area contributed by atoms with Crippen LogP contribution in [-0.2, 0) is 6.42 Å². The van der Waals surface area contributed by atoms with Crippen molar-refractivity contribution < 1.29 is 0 Å². The molecule has 72 valence electrons. The molecule has 14 heavy (non-hydrogen) atoms. The van der Waals surface area contributed by atoms with Crippen LogP contribution in [0.3, 0.4) is 0 Å². The van der Waals surface area contributed by atoms with E-state index in [9.17, 15) is 0 Å². The molecule has 0 radical (unpaired) electrons. The number of fused-ring (bicyclic) bond motifs is 3. The summed E-state index contributed by atoms with van der Waals surface area (Å²) in [4.78, 5) is 0. The highest BCUT2D eigenvalue weighted by molar-refractivity contribution is 6.31. The van der Waals surface area contributed by atoms with Gasteiger partial charge in [0.2, 0.25) is 0 Å². The first-order valence-electron chi connectivity index (χ1n) is 5.28. The Kier molecular flexibility index (Phi) is 1.91. The van der Waals surface area contributed by atoms with Crippen LogP contribution < -0.4 is 0 Å². The molecular weight excluding hydrogens is 192 g/mol. The fourth-order valence-corrected chi connectivity index (χ4v) is 3.14. The van der Waals surface area contributed by atoms with Crippen molar-refractivity contribution in [2.45, 2.75) is 25.2 Å². The van der Waals surface area contributed by atoms with Crippen LogP contribution in [0.25, 0.3) is 0 Å². The third kappa shape index (κ3) is 1.14. The molecule has 0 bridgehead atoms. The molecule has 0 aromatic heterocycles. The molecule has 0 spiro atoms. The van der Waals surface area contributed by atoms with Crippen LogP contribution in [0.5, 0.6) is 0 Å². The van der Waals surface area contributed by atoms with Crippen molar-refractivity contribution in [1.29, 1.82) is 0 Å². The van der Waals surface area contributed by atoms with E-state index in [2.05, 4.69) is 24.3 Å². The van der Waals surface area contributed by atoms with Gasteiger partial charge in [0.05, 0.1) is 0 Å². The van der Waals surface area contributed by atoms with Gasteiger partial charge >= 0.3 is 0 Å². The van der Waals surface area contributed by atoms with Gasteiger partial charge in [-0.2, -0.15) is 0 Å². The van der Waals surface area contributed by atoms with E-state index < -0.39 is 0 Å². The maximum Gasteiger partial charge on any atom is 0.0440 e. The third-order valence-electron chi connectivity index (χ3n) is 3.59. The van der Waals surface area contributed by atoms with Gasteiger partial charge in [-0.25, -0.2) is 0 Å². The maximum atomic E-state index is 6.21. The molecule has 1 aromatic carbocycles. The molecule has 1 heteroatoms. The highest BCUT2D eigenvalue weighted by Crippen LogP contribution is 2.46. The summed E-state index contributed by atoms with van der Waals surface area (Å²) < 4.78 is 0. The van der Waals surface area contributed by atoms with Gasteiger partial charge in [0.15, 0.2) is 0 Å². The number of allylic oxidation sites excluding steroid dienone is 2. The standard InChI is InChI=1S/C13H13Cl/c14-13-7-3-6-11-10-5-2-1-4-9(10)8-12(11)13/h1-3,6-7,9-10H,4-5,8H2. The summed E-state index contributed by atoms with van der Waals surface area (Å²) in [6.45, 7) is 0. The topological polar surface area (TPSA) is 0 Å². The van der Waals surface area contributed by atoms with E-state index in [4.69, 9.17) is 11.6 Å². The van der Waals surface area contributed by atoms with E-state index in [1.807, 2.05) is 6.07 Å². The largest absolute Gasteiger partial charge is 0.0882 e. The second-order valence-corrected chi connectivity index (χ2v) is 4.73. The first-order chi connectivity index (χ1) is 6.86. The molecule has 0 fully saturated rings. The summed E-state index contributed by atoms with van der Waals surface area (Å²) in [5, 5.41) is 0.969. The minimum Gasteiger partial charge on any atom is -0.0882 e.